The Morgan fingerprint density at radius 1 is 0.944 bits per heavy atom. The molecule has 0 saturated heterocycles. The van der Waals surface area contributed by atoms with Gasteiger partial charge in [0, 0.05) is 20.8 Å². The molecule has 0 aliphatic carbocycles. The summed E-state index contributed by atoms with van der Waals surface area (Å²) in [7, 11) is 0. The maximum atomic E-state index is 10.9. The van der Waals surface area contributed by atoms with E-state index in [9.17, 15) is 19.5 Å². The van der Waals surface area contributed by atoms with Gasteiger partial charge in [-0.1, -0.05) is 0 Å². The summed E-state index contributed by atoms with van der Waals surface area (Å²) in [4.78, 5) is 32.3. The van der Waals surface area contributed by atoms with E-state index in [4.69, 9.17) is 9.47 Å². The molecule has 0 spiro atoms. The summed E-state index contributed by atoms with van der Waals surface area (Å²) in [6.07, 6.45) is -3.24. The highest BCUT2D eigenvalue weighted by atomic mass is 16.6. The second-order valence-corrected chi connectivity index (χ2v) is 3.76. The summed E-state index contributed by atoms with van der Waals surface area (Å²) in [5, 5.41) is 9.41. The van der Waals surface area contributed by atoms with Crippen LogP contribution in [0.3, 0.4) is 0 Å². The number of hydrogen-bond donors (Lipinski definition) is 1. The van der Waals surface area contributed by atoms with E-state index in [1.165, 1.54) is 20.8 Å². The van der Waals surface area contributed by atoms with Crippen LogP contribution in [0.5, 0.6) is 0 Å². The summed E-state index contributed by atoms with van der Waals surface area (Å²) >= 11 is 0. The number of esters is 3. The molecule has 0 aliphatic heterocycles. The van der Waals surface area contributed by atoms with Gasteiger partial charge in [0.05, 0.1) is 6.42 Å². The van der Waals surface area contributed by atoms with E-state index >= 15 is 0 Å². The summed E-state index contributed by atoms with van der Waals surface area (Å²) < 4.78 is 14.3. The molecular weight excluding hydrogens is 244 g/mol. The zero-order chi connectivity index (χ0) is 14.3. The predicted octanol–water partition coefficient (Wildman–Crippen LogP) is 0.141. The van der Waals surface area contributed by atoms with Gasteiger partial charge in [0.15, 0.2) is 0 Å². The van der Waals surface area contributed by atoms with E-state index in [1.54, 1.807) is 0 Å². The van der Waals surface area contributed by atoms with Crippen LogP contribution in [0, 0.1) is 0 Å². The van der Waals surface area contributed by atoms with Crippen molar-refractivity contribution in [1.82, 2.24) is 0 Å². The van der Waals surface area contributed by atoms with Crippen molar-refractivity contribution in [3.8, 4) is 0 Å². The molecule has 18 heavy (non-hydrogen) atoms. The van der Waals surface area contributed by atoms with E-state index in [0.29, 0.717) is 0 Å². The van der Waals surface area contributed by atoms with Crippen LogP contribution in [-0.2, 0) is 28.6 Å². The monoisotopic (exact) mass is 262 g/mol. The highest BCUT2D eigenvalue weighted by Gasteiger charge is 2.27. The second-order valence-electron chi connectivity index (χ2n) is 3.76. The van der Waals surface area contributed by atoms with E-state index in [2.05, 4.69) is 4.74 Å². The molecule has 0 aliphatic rings. The highest BCUT2D eigenvalue weighted by Crippen LogP contribution is 2.12. The largest absolute Gasteiger partial charge is 0.459 e. The minimum atomic E-state index is -1.43. The smallest absolute Gasteiger partial charge is 0.304 e. The Kier molecular flexibility index (Phi) is 6.96. The van der Waals surface area contributed by atoms with Crippen LogP contribution in [0.15, 0.2) is 0 Å². The molecule has 1 N–H and O–H groups in total. The van der Waals surface area contributed by atoms with Gasteiger partial charge >= 0.3 is 17.9 Å². The first kappa shape index (κ1) is 16.4. The molecule has 7 heteroatoms. The highest BCUT2D eigenvalue weighted by molar-refractivity contribution is 5.67. The summed E-state index contributed by atoms with van der Waals surface area (Å²) in [5.74, 6) is -1.79. The first-order valence-corrected chi connectivity index (χ1v) is 5.42. The molecule has 0 bridgehead atoms. The molecule has 3 atom stereocenters. The van der Waals surface area contributed by atoms with Crippen LogP contribution < -0.4 is 0 Å². The zero-order valence-corrected chi connectivity index (χ0v) is 10.8. The average molecular weight is 262 g/mol. The lowest BCUT2D eigenvalue weighted by Crippen LogP contribution is -2.36. The molecule has 7 nitrogen and oxygen atoms in total. The first-order chi connectivity index (χ1) is 8.22. The van der Waals surface area contributed by atoms with Crippen molar-refractivity contribution in [1.29, 1.82) is 0 Å². The quantitative estimate of drug-likeness (QED) is 0.413. The number of ether oxygens (including phenoxy) is 3. The minimum Gasteiger partial charge on any atom is -0.459 e. The fraction of sp³-hybridized carbons (Fsp3) is 0.727. The molecule has 0 amide bonds. The number of aliphatic hydroxyl groups excluding tert-OH is 1. The SMILES string of the molecule is CC(=O)OC(O)C[C@H](OC(C)=O)[C@H](C)OC(C)=O. The first-order valence-electron chi connectivity index (χ1n) is 5.42. The number of aliphatic hydroxyl groups is 1. The third kappa shape index (κ3) is 7.61. The van der Waals surface area contributed by atoms with E-state index in [1.807, 2.05) is 0 Å². The lowest BCUT2D eigenvalue weighted by atomic mass is 10.1. The Labute approximate surface area is 105 Å². The van der Waals surface area contributed by atoms with Crippen LogP contribution >= 0.6 is 0 Å². The normalized spacial score (nSPS) is 15.2. The predicted molar refractivity (Wildman–Crippen MR) is 59.2 cm³/mol. The molecule has 0 aromatic carbocycles. The van der Waals surface area contributed by atoms with Crippen LogP contribution in [0.2, 0.25) is 0 Å². The molecule has 0 heterocycles. The van der Waals surface area contributed by atoms with Gasteiger partial charge in [0.1, 0.15) is 12.2 Å². The van der Waals surface area contributed by atoms with Crippen LogP contribution in [0.1, 0.15) is 34.1 Å². The third-order valence-electron chi connectivity index (χ3n) is 1.93. The van der Waals surface area contributed by atoms with Gasteiger partial charge < -0.3 is 19.3 Å². The molecule has 0 fully saturated rings. The van der Waals surface area contributed by atoms with Gasteiger partial charge in [-0.15, -0.1) is 0 Å². The molecule has 1 unspecified atom stereocenters. The van der Waals surface area contributed by atoms with Crippen LogP contribution in [0.25, 0.3) is 0 Å². The van der Waals surface area contributed by atoms with Crippen molar-refractivity contribution in [3.63, 3.8) is 0 Å². The molecular formula is C11H18O7. The van der Waals surface area contributed by atoms with Crippen molar-refractivity contribution in [3.05, 3.63) is 0 Å². The van der Waals surface area contributed by atoms with Gasteiger partial charge in [-0.05, 0) is 6.92 Å². The van der Waals surface area contributed by atoms with Crippen molar-refractivity contribution in [2.75, 3.05) is 0 Å². The second kappa shape index (κ2) is 7.65. The standard InChI is InChI=1S/C11H18O7/c1-6(16-7(2)12)10(17-8(3)13)5-11(15)18-9(4)14/h6,10-11,15H,5H2,1-4H3/t6-,10-,11?/m0/s1. The van der Waals surface area contributed by atoms with Crippen LogP contribution in [-0.4, -0.2) is 41.5 Å². The molecule has 0 aromatic rings. The lowest BCUT2D eigenvalue weighted by molar-refractivity contribution is -0.182. The fourth-order valence-electron chi connectivity index (χ4n) is 1.32. The summed E-state index contributed by atoms with van der Waals surface area (Å²) in [5.41, 5.74) is 0. The van der Waals surface area contributed by atoms with Crippen molar-refractivity contribution in [2.24, 2.45) is 0 Å². The Hall–Kier alpha value is -1.63. The Morgan fingerprint density at radius 2 is 1.39 bits per heavy atom. The molecule has 0 radical (unpaired) electrons. The maximum absolute atomic E-state index is 10.9. The number of rotatable bonds is 6. The van der Waals surface area contributed by atoms with Gasteiger partial charge in [-0.3, -0.25) is 14.4 Å². The Morgan fingerprint density at radius 3 is 1.78 bits per heavy atom. The van der Waals surface area contributed by atoms with Gasteiger partial charge in [0.25, 0.3) is 0 Å². The maximum Gasteiger partial charge on any atom is 0.304 e. The molecule has 0 saturated carbocycles. The number of hydrogen-bond acceptors (Lipinski definition) is 7. The molecule has 0 rings (SSSR count). The van der Waals surface area contributed by atoms with Crippen molar-refractivity contribution < 1.29 is 33.7 Å². The zero-order valence-electron chi connectivity index (χ0n) is 10.8. The van der Waals surface area contributed by atoms with E-state index in [0.717, 1.165) is 6.92 Å². The fourth-order valence-corrected chi connectivity index (χ4v) is 1.32. The van der Waals surface area contributed by atoms with Gasteiger partial charge in [-0.2, -0.15) is 0 Å². The van der Waals surface area contributed by atoms with Crippen LogP contribution in [0.4, 0.5) is 0 Å². The lowest BCUT2D eigenvalue weighted by Gasteiger charge is -2.24. The minimum absolute atomic E-state index is 0.173. The average Bonchev–Trinajstić information content (AvgIpc) is 2.13. The third-order valence-corrected chi connectivity index (χ3v) is 1.93. The number of carbonyl (C=O) groups is 3. The Bertz CT molecular complexity index is 313. The van der Waals surface area contributed by atoms with Gasteiger partial charge in [-0.25, -0.2) is 0 Å². The van der Waals surface area contributed by atoms with Gasteiger partial charge in [0.2, 0.25) is 6.29 Å². The molecule has 0 aromatic heterocycles. The molecule has 104 valence electrons. The van der Waals surface area contributed by atoms with E-state index < -0.39 is 36.4 Å². The van der Waals surface area contributed by atoms with Crippen molar-refractivity contribution >= 4 is 17.9 Å². The van der Waals surface area contributed by atoms with Crippen molar-refractivity contribution in [2.45, 2.75) is 52.6 Å². The topological polar surface area (TPSA) is 99.1 Å². The number of carbonyl (C=O) groups excluding carboxylic acids is 3. The summed E-state index contributed by atoms with van der Waals surface area (Å²) in [6.45, 7) is 5.05. The van der Waals surface area contributed by atoms with E-state index in [-0.39, 0.29) is 6.42 Å². The Balaban J connectivity index is 4.51. The summed E-state index contributed by atoms with van der Waals surface area (Å²) in [6, 6.07) is 0.